The highest BCUT2D eigenvalue weighted by Crippen LogP contribution is 2.18. The minimum absolute atomic E-state index is 0.109. The number of hydrogen-bond donors (Lipinski definition) is 1. The summed E-state index contributed by atoms with van der Waals surface area (Å²) in [6, 6.07) is 7.67. The van der Waals surface area contributed by atoms with Crippen molar-refractivity contribution in [1.29, 1.82) is 5.26 Å². The van der Waals surface area contributed by atoms with Gasteiger partial charge in [0, 0.05) is 18.0 Å². The van der Waals surface area contributed by atoms with Crippen molar-refractivity contribution in [3.05, 3.63) is 41.7 Å². The van der Waals surface area contributed by atoms with Crippen LogP contribution in [-0.4, -0.2) is 21.6 Å². The highest BCUT2D eigenvalue weighted by Gasteiger charge is 2.14. The van der Waals surface area contributed by atoms with Crippen LogP contribution in [0.3, 0.4) is 0 Å². The van der Waals surface area contributed by atoms with Gasteiger partial charge in [0.25, 0.3) is 0 Å². The third kappa shape index (κ3) is 2.19. The molecule has 0 amide bonds. The summed E-state index contributed by atoms with van der Waals surface area (Å²) < 4.78 is 7.02. The first-order valence-electron chi connectivity index (χ1n) is 5.46. The van der Waals surface area contributed by atoms with Crippen molar-refractivity contribution in [2.24, 2.45) is 0 Å². The van der Waals surface area contributed by atoms with Gasteiger partial charge in [-0.3, -0.25) is 0 Å². The summed E-state index contributed by atoms with van der Waals surface area (Å²) in [4.78, 5) is 10.7. The number of carboxylic acids is 1. The van der Waals surface area contributed by atoms with E-state index in [0.29, 0.717) is 11.1 Å². The van der Waals surface area contributed by atoms with Gasteiger partial charge in [0.05, 0.1) is 17.7 Å². The molecule has 2 rings (SSSR count). The molecule has 92 valence electrons. The van der Waals surface area contributed by atoms with E-state index in [1.807, 2.05) is 28.8 Å². The summed E-state index contributed by atoms with van der Waals surface area (Å²) in [6.45, 7) is 1.57. The zero-order valence-electron chi connectivity index (χ0n) is 9.83. The number of carbonyl (C=O) groups is 1. The molecule has 5 heteroatoms. The molecular formula is C13H12N2O3. The first kappa shape index (κ1) is 12.1. The summed E-state index contributed by atoms with van der Waals surface area (Å²) in [5.41, 5.74) is 2.01. The second kappa shape index (κ2) is 4.90. The van der Waals surface area contributed by atoms with Crippen LogP contribution in [0.2, 0.25) is 0 Å². The molecule has 2 heterocycles. The fourth-order valence-electron chi connectivity index (χ4n) is 1.70. The molecule has 0 saturated heterocycles. The molecule has 2 aromatic rings. The van der Waals surface area contributed by atoms with E-state index in [-0.39, 0.29) is 6.61 Å². The summed E-state index contributed by atoms with van der Waals surface area (Å²) in [6.07, 6.45) is 2.72. The van der Waals surface area contributed by atoms with Gasteiger partial charge in [-0.1, -0.05) is 6.07 Å². The number of aromatic nitrogens is 1. The lowest BCUT2D eigenvalue weighted by Crippen LogP contribution is -2.19. The fraction of sp³-hybridized carbons (Fsp3) is 0.231. The normalized spacial score (nSPS) is 12.2. The molecule has 0 bridgehead atoms. The second-order valence-corrected chi connectivity index (χ2v) is 3.93. The molecule has 0 saturated carbocycles. The van der Waals surface area contributed by atoms with E-state index < -0.39 is 12.1 Å². The van der Waals surface area contributed by atoms with Gasteiger partial charge in [0.1, 0.15) is 6.07 Å². The van der Waals surface area contributed by atoms with Crippen LogP contribution in [0.4, 0.5) is 0 Å². The molecule has 0 aliphatic heterocycles. The Morgan fingerprint density at radius 3 is 3.06 bits per heavy atom. The van der Waals surface area contributed by atoms with E-state index >= 15 is 0 Å². The minimum atomic E-state index is -1.02. The highest BCUT2D eigenvalue weighted by atomic mass is 16.5. The van der Waals surface area contributed by atoms with E-state index in [9.17, 15) is 4.79 Å². The Kier molecular flexibility index (Phi) is 3.31. The molecule has 1 N–H and O–H groups in total. The van der Waals surface area contributed by atoms with E-state index in [4.69, 9.17) is 15.1 Å². The van der Waals surface area contributed by atoms with Crippen LogP contribution in [0.1, 0.15) is 18.1 Å². The van der Waals surface area contributed by atoms with Crippen LogP contribution in [0.15, 0.2) is 30.6 Å². The number of rotatable bonds is 4. The molecule has 0 spiro atoms. The number of aliphatic carboxylic acids is 1. The molecule has 0 fully saturated rings. The van der Waals surface area contributed by atoms with Crippen LogP contribution in [0.25, 0.3) is 5.52 Å². The Hall–Kier alpha value is -2.32. The Morgan fingerprint density at radius 2 is 2.39 bits per heavy atom. The molecule has 18 heavy (non-hydrogen) atoms. The van der Waals surface area contributed by atoms with Gasteiger partial charge < -0.3 is 14.2 Å². The summed E-state index contributed by atoms with van der Waals surface area (Å²) in [5, 5.41) is 17.9. The largest absolute Gasteiger partial charge is 0.479 e. The van der Waals surface area contributed by atoms with Crippen molar-refractivity contribution in [3.63, 3.8) is 0 Å². The molecule has 5 nitrogen and oxygen atoms in total. The van der Waals surface area contributed by atoms with Crippen molar-refractivity contribution >= 4 is 11.5 Å². The van der Waals surface area contributed by atoms with Gasteiger partial charge in [-0.2, -0.15) is 5.26 Å². The number of pyridine rings is 1. The average Bonchev–Trinajstić information content (AvgIpc) is 2.73. The maximum absolute atomic E-state index is 10.7. The Morgan fingerprint density at radius 1 is 1.61 bits per heavy atom. The zero-order chi connectivity index (χ0) is 13.1. The predicted molar refractivity (Wildman–Crippen MR) is 64.0 cm³/mol. The first-order chi connectivity index (χ1) is 8.63. The first-order valence-corrected chi connectivity index (χ1v) is 5.46. The van der Waals surface area contributed by atoms with Crippen molar-refractivity contribution in [2.75, 3.05) is 0 Å². The van der Waals surface area contributed by atoms with E-state index in [2.05, 4.69) is 6.07 Å². The Balaban J connectivity index is 2.28. The fourth-order valence-corrected chi connectivity index (χ4v) is 1.70. The summed E-state index contributed by atoms with van der Waals surface area (Å²) in [5.74, 6) is -1.02. The number of fused-ring (bicyclic) bond motifs is 1. The molecule has 2 aromatic heterocycles. The predicted octanol–water partition coefficient (Wildman–Crippen LogP) is 1.80. The lowest BCUT2D eigenvalue weighted by Gasteiger charge is -2.06. The van der Waals surface area contributed by atoms with Crippen LogP contribution in [0.5, 0.6) is 0 Å². The zero-order valence-corrected chi connectivity index (χ0v) is 9.83. The molecule has 0 radical (unpaired) electrons. The van der Waals surface area contributed by atoms with E-state index in [1.54, 1.807) is 6.20 Å². The quantitative estimate of drug-likeness (QED) is 0.889. The summed E-state index contributed by atoms with van der Waals surface area (Å²) in [7, 11) is 0. The van der Waals surface area contributed by atoms with Gasteiger partial charge in [-0.15, -0.1) is 0 Å². The molecule has 0 unspecified atom stereocenters. The van der Waals surface area contributed by atoms with E-state index in [0.717, 1.165) is 5.52 Å². The van der Waals surface area contributed by atoms with Gasteiger partial charge in [0.15, 0.2) is 6.10 Å². The van der Waals surface area contributed by atoms with Crippen LogP contribution in [0, 0.1) is 11.3 Å². The van der Waals surface area contributed by atoms with Gasteiger partial charge in [0.2, 0.25) is 0 Å². The third-order valence-corrected chi connectivity index (χ3v) is 2.71. The molecular weight excluding hydrogens is 232 g/mol. The third-order valence-electron chi connectivity index (χ3n) is 2.71. The minimum Gasteiger partial charge on any atom is -0.479 e. The van der Waals surface area contributed by atoms with Crippen molar-refractivity contribution < 1.29 is 14.6 Å². The number of carboxylic acid groups (broad SMARTS) is 1. The summed E-state index contributed by atoms with van der Waals surface area (Å²) >= 11 is 0. The highest BCUT2D eigenvalue weighted by molar-refractivity contribution is 5.71. The Labute approximate surface area is 104 Å². The standard InChI is InChI=1S/C13H12N2O3/c1-9(13(16)17)18-8-10-7-15-5-3-2-4-12(15)11(10)6-14/h2-5,7,9H,8H2,1H3,(H,16,17)/t9-/m1/s1. The number of nitrogens with zero attached hydrogens (tertiary/aromatic N) is 2. The maximum Gasteiger partial charge on any atom is 0.332 e. The topological polar surface area (TPSA) is 74.7 Å². The number of hydrogen-bond acceptors (Lipinski definition) is 3. The monoisotopic (exact) mass is 244 g/mol. The van der Waals surface area contributed by atoms with Crippen LogP contribution < -0.4 is 0 Å². The Bertz CT molecular complexity index is 625. The van der Waals surface area contributed by atoms with Crippen LogP contribution >= 0.6 is 0 Å². The van der Waals surface area contributed by atoms with Gasteiger partial charge in [-0.25, -0.2) is 4.79 Å². The van der Waals surface area contributed by atoms with Crippen LogP contribution in [-0.2, 0) is 16.1 Å². The van der Waals surface area contributed by atoms with Gasteiger partial charge >= 0.3 is 5.97 Å². The van der Waals surface area contributed by atoms with Crippen molar-refractivity contribution in [1.82, 2.24) is 4.40 Å². The smallest absolute Gasteiger partial charge is 0.332 e. The maximum atomic E-state index is 10.7. The second-order valence-electron chi connectivity index (χ2n) is 3.93. The number of nitriles is 1. The molecule has 0 aliphatic carbocycles. The SMILES string of the molecule is C[C@@H](OCc1cn2ccccc2c1C#N)C(=O)O. The average molecular weight is 244 g/mol. The molecule has 1 atom stereocenters. The lowest BCUT2D eigenvalue weighted by atomic mass is 10.2. The van der Waals surface area contributed by atoms with E-state index in [1.165, 1.54) is 6.92 Å². The van der Waals surface area contributed by atoms with Gasteiger partial charge in [-0.05, 0) is 19.1 Å². The van der Waals surface area contributed by atoms with Crippen molar-refractivity contribution in [3.8, 4) is 6.07 Å². The number of ether oxygens (including phenoxy) is 1. The van der Waals surface area contributed by atoms with Crippen molar-refractivity contribution in [2.45, 2.75) is 19.6 Å². The molecule has 0 aliphatic rings. The molecule has 0 aromatic carbocycles. The lowest BCUT2D eigenvalue weighted by molar-refractivity contribution is -0.149.